The third kappa shape index (κ3) is 2.81. The van der Waals surface area contributed by atoms with Gasteiger partial charge in [0.05, 0.1) is 6.26 Å². The van der Waals surface area contributed by atoms with Crippen LogP contribution in [-0.2, 0) is 6.61 Å². The zero-order chi connectivity index (χ0) is 10.7. The van der Waals surface area contributed by atoms with Crippen LogP contribution in [0, 0.1) is 0 Å². The van der Waals surface area contributed by atoms with Gasteiger partial charge in [-0.2, -0.15) is 15.0 Å². The molecule has 2 aromatic rings. The van der Waals surface area contributed by atoms with Gasteiger partial charge in [0.2, 0.25) is 10.6 Å². The first-order chi connectivity index (χ1) is 7.24. The summed E-state index contributed by atoms with van der Waals surface area (Å²) in [6.45, 7) is 0.212. The van der Waals surface area contributed by atoms with E-state index in [1.54, 1.807) is 18.4 Å². The van der Waals surface area contributed by atoms with Crippen LogP contribution in [0.1, 0.15) is 5.76 Å². The van der Waals surface area contributed by atoms with Gasteiger partial charge in [-0.1, -0.05) is 0 Å². The zero-order valence-electron chi connectivity index (χ0n) is 7.35. The van der Waals surface area contributed by atoms with E-state index in [1.807, 2.05) is 0 Å². The van der Waals surface area contributed by atoms with Crippen molar-refractivity contribution in [1.82, 2.24) is 15.0 Å². The van der Waals surface area contributed by atoms with Crippen molar-refractivity contribution in [1.29, 1.82) is 0 Å². The molecule has 0 atom stereocenters. The Labute approximate surface area is 95.0 Å². The predicted molar refractivity (Wildman–Crippen MR) is 52.9 cm³/mol. The molecular weight excluding hydrogens is 241 g/mol. The van der Waals surface area contributed by atoms with Crippen molar-refractivity contribution >= 4 is 23.2 Å². The van der Waals surface area contributed by atoms with E-state index >= 15 is 0 Å². The minimum absolute atomic E-state index is 0.00977. The van der Waals surface area contributed by atoms with Crippen molar-refractivity contribution in [2.75, 3.05) is 0 Å². The van der Waals surface area contributed by atoms with Crippen molar-refractivity contribution < 1.29 is 9.15 Å². The molecule has 0 spiro atoms. The first-order valence-corrected chi connectivity index (χ1v) is 4.72. The third-order valence-electron chi connectivity index (χ3n) is 1.48. The molecule has 5 nitrogen and oxygen atoms in total. The molecule has 2 heterocycles. The lowest BCUT2D eigenvalue weighted by Crippen LogP contribution is -2.00. The molecule has 0 amide bonds. The van der Waals surface area contributed by atoms with Crippen LogP contribution in [0.2, 0.25) is 10.6 Å². The minimum Gasteiger partial charge on any atom is -0.466 e. The number of ether oxygens (including phenoxy) is 1. The molecule has 0 aliphatic carbocycles. The van der Waals surface area contributed by atoms with Crippen LogP contribution in [0.4, 0.5) is 0 Å². The van der Waals surface area contributed by atoms with Crippen molar-refractivity contribution in [3.8, 4) is 6.01 Å². The first-order valence-electron chi connectivity index (χ1n) is 3.96. The fourth-order valence-electron chi connectivity index (χ4n) is 0.904. The summed E-state index contributed by atoms with van der Waals surface area (Å²) in [5.41, 5.74) is 0. The lowest BCUT2D eigenvalue weighted by atomic mass is 10.5. The highest BCUT2D eigenvalue weighted by molar-refractivity contribution is 6.31. The molecule has 78 valence electrons. The van der Waals surface area contributed by atoms with Gasteiger partial charge in [0.1, 0.15) is 12.4 Å². The average Bonchev–Trinajstić information content (AvgIpc) is 2.65. The van der Waals surface area contributed by atoms with Crippen LogP contribution >= 0.6 is 23.2 Å². The Kier molecular flexibility index (Phi) is 3.03. The van der Waals surface area contributed by atoms with Gasteiger partial charge in [0, 0.05) is 0 Å². The second-order valence-corrected chi connectivity index (χ2v) is 3.20. The van der Waals surface area contributed by atoms with E-state index in [4.69, 9.17) is 32.4 Å². The molecule has 15 heavy (non-hydrogen) atoms. The number of furan rings is 1. The van der Waals surface area contributed by atoms with Crippen molar-refractivity contribution in [2.45, 2.75) is 6.61 Å². The maximum Gasteiger partial charge on any atom is 0.322 e. The van der Waals surface area contributed by atoms with E-state index in [0.717, 1.165) is 0 Å². The molecule has 0 N–H and O–H groups in total. The molecular formula is C8H5Cl2N3O2. The number of halogens is 2. The highest BCUT2D eigenvalue weighted by Crippen LogP contribution is 2.12. The van der Waals surface area contributed by atoms with E-state index in [2.05, 4.69) is 15.0 Å². The number of hydrogen-bond donors (Lipinski definition) is 0. The molecule has 0 fully saturated rings. The smallest absolute Gasteiger partial charge is 0.322 e. The maximum absolute atomic E-state index is 5.56. The predicted octanol–water partition coefficient (Wildman–Crippen LogP) is 2.35. The second kappa shape index (κ2) is 4.46. The zero-order valence-corrected chi connectivity index (χ0v) is 8.87. The Bertz CT molecular complexity index is 427. The van der Waals surface area contributed by atoms with Gasteiger partial charge >= 0.3 is 6.01 Å². The minimum atomic E-state index is -0.00977. The molecule has 0 saturated carbocycles. The van der Waals surface area contributed by atoms with E-state index < -0.39 is 0 Å². The molecule has 7 heteroatoms. The summed E-state index contributed by atoms with van der Waals surface area (Å²) in [5.74, 6) is 0.655. The Balaban J connectivity index is 2.05. The lowest BCUT2D eigenvalue weighted by Gasteiger charge is -2.01. The van der Waals surface area contributed by atoms with Crippen molar-refractivity contribution in [2.24, 2.45) is 0 Å². The van der Waals surface area contributed by atoms with E-state index in [0.29, 0.717) is 5.76 Å². The van der Waals surface area contributed by atoms with Crippen LogP contribution in [0.25, 0.3) is 0 Å². The van der Waals surface area contributed by atoms with Crippen LogP contribution in [0.15, 0.2) is 22.8 Å². The quantitative estimate of drug-likeness (QED) is 0.831. The highest BCUT2D eigenvalue weighted by Gasteiger charge is 2.05. The first kappa shape index (κ1) is 10.2. The Morgan fingerprint density at radius 2 is 1.93 bits per heavy atom. The van der Waals surface area contributed by atoms with E-state index in [-0.39, 0.29) is 23.2 Å². The van der Waals surface area contributed by atoms with Gasteiger partial charge in [-0.15, -0.1) is 0 Å². The van der Waals surface area contributed by atoms with Crippen LogP contribution < -0.4 is 4.74 Å². The Hall–Kier alpha value is -1.33. The molecule has 0 aliphatic rings. The van der Waals surface area contributed by atoms with Gasteiger partial charge in [-0.3, -0.25) is 0 Å². The van der Waals surface area contributed by atoms with Gasteiger partial charge in [-0.05, 0) is 35.3 Å². The Morgan fingerprint density at radius 3 is 2.53 bits per heavy atom. The summed E-state index contributed by atoms with van der Waals surface area (Å²) in [4.78, 5) is 11.0. The van der Waals surface area contributed by atoms with Crippen molar-refractivity contribution in [3.63, 3.8) is 0 Å². The van der Waals surface area contributed by atoms with Gasteiger partial charge in [0.25, 0.3) is 0 Å². The van der Waals surface area contributed by atoms with Crippen LogP contribution in [0.5, 0.6) is 6.01 Å². The normalized spacial score (nSPS) is 10.3. The third-order valence-corrected chi connectivity index (χ3v) is 1.82. The van der Waals surface area contributed by atoms with Crippen LogP contribution in [0.3, 0.4) is 0 Å². The summed E-state index contributed by atoms with van der Waals surface area (Å²) >= 11 is 11.1. The highest BCUT2D eigenvalue weighted by atomic mass is 35.5. The topological polar surface area (TPSA) is 61.0 Å². The monoisotopic (exact) mass is 245 g/mol. The standard InChI is InChI=1S/C8H5Cl2N3O2/c9-6-11-7(10)13-8(12-6)15-4-5-2-1-3-14-5/h1-3H,4H2. The molecule has 0 saturated heterocycles. The van der Waals surface area contributed by atoms with Gasteiger partial charge in [0.15, 0.2) is 0 Å². The summed E-state index contributed by atoms with van der Waals surface area (Å²) in [5, 5.41) is -0.0195. The number of rotatable bonds is 3. The van der Waals surface area contributed by atoms with Crippen molar-refractivity contribution in [3.05, 3.63) is 34.7 Å². The molecule has 0 aromatic carbocycles. The lowest BCUT2D eigenvalue weighted by molar-refractivity contribution is 0.249. The maximum atomic E-state index is 5.56. The average molecular weight is 246 g/mol. The SMILES string of the molecule is Clc1nc(Cl)nc(OCc2ccco2)n1. The van der Waals surface area contributed by atoms with Gasteiger partial charge in [-0.25, -0.2) is 0 Å². The molecule has 0 unspecified atom stereocenters. The molecule has 0 aliphatic heterocycles. The number of nitrogens with zero attached hydrogens (tertiary/aromatic N) is 3. The molecule has 2 aromatic heterocycles. The fourth-order valence-corrected chi connectivity index (χ4v) is 1.25. The molecule has 2 rings (SSSR count). The number of aromatic nitrogens is 3. The summed E-state index contributed by atoms with van der Waals surface area (Å²) in [7, 11) is 0. The second-order valence-electron chi connectivity index (χ2n) is 2.52. The summed E-state index contributed by atoms with van der Waals surface area (Å²) in [6.07, 6.45) is 1.55. The van der Waals surface area contributed by atoms with E-state index in [9.17, 15) is 0 Å². The van der Waals surface area contributed by atoms with Gasteiger partial charge < -0.3 is 9.15 Å². The fraction of sp³-hybridized carbons (Fsp3) is 0.125. The van der Waals surface area contributed by atoms with Crippen LogP contribution in [-0.4, -0.2) is 15.0 Å². The summed E-state index contributed by atoms with van der Waals surface area (Å²) in [6, 6.07) is 3.59. The largest absolute Gasteiger partial charge is 0.466 e. The summed E-state index contributed by atoms with van der Waals surface area (Å²) < 4.78 is 10.2. The molecule has 0 radical (unpaired) electrons. The molecule has 0 bridgehead atoms. The number of hydrogen-bond acceptors (Lipinski definition) is 5. The Morgan fingerprint density at radius 1 is 1.20 bits per heavy atom. The van der Waals surface area contributed by atoms with E-state index in [1.165, 1.54) is 0 Å².